The van der Waals surface area contributed by atoms with Crippen molar-refractivity contribution in [3.05, 3.63) is 12.7 Å². The highest BCUT2D eigenvalue weighted by atomic mass is 16.4. The summed E-state index contributed by atoms with van der Waals surface area (Å²) in [6.45, 7) is 5.05. The molecular weight excluding hydrogens is 184 g/mol. The van der Waals surface area contributed by atoms with E-state index in [9.17, 15) is 9.59 Å². The molecule has 0 rings (SSSR count). The minimum absolute atomic E-state index is 0.124. The molecule has 0 aromatic heterocycles. The van der Waals surface area contributed by atoms with E-state index in [0.29, 0.717) is 19.6 Å². The van der Waals surface area contributed by atoms with Gasteiger partial charge >= 0.3 is 5.97 Å². The highest BCUT2D eigenvalue weighted by molar-refractivity contribution is 5.86. The number of amides is 1. The lowest BCUT2D eigenvalue weighted by molar-refractivity contribution is -0.136. The van der Waals surface area contributed by atoms with Gasteiger partial charge in [0.25, 0.3) is 0 Å². The Morgan fingerprint density at radius 2 is 2.00 bits per heavy atom. The number of carbonyl (C=O) groups is 2. The van der Waals surface area contributed by atoms with Gasteiger partial charge in [0.2, 0.25) is 5.91 Å². The van der Waals surface area contributed by atoms with Gasteiger partial charge in [-0.2, -0.15) is 0 Å². The van der Waals surface area contributed by atoms with Crippen LogP contribution in [0.25, 0.3) is 0 Å². The van der Waals surface area contributed by atoms with Crippen LogP contribution in [0.3, 0.4) is 0 Å². The van der Waals surface area contributed by atoms with Crippen LogP contribution in [0.5, 0.6) is 0 Å². The number of hydrogen-bond acceptors (Lipinski definition) is 3. The van der Waals surface area contributed by atoms with Gasteiger partial charge in [-0.3, -0.25) is 9.59 Å². The Morgan fingerprint density at radius 1 is 1.29 bits per heavy atom. The van der Waals surface area contributed by atoms with Gasteiger partial charge in [0, 0.05) is 13.1 Å². The Kier molecular flexibility index (Phi) is 7.45. The summed E-state index contributed by atoms with van der Waals surface area (Å²) in [6.07, 6.45) is 2.12. The first-order chi connectivity index (χ1) is 6.66. The van der Waals surface area contributed by atoms with E-state index < -0.39 is 5.97 Å². The lowest BCUT2D eigenvalue weighted by atomic mass is 10.4. The molecular formula is C9H16N2O3. The van der Waals surface area contributed by atoms with E-state index in [2.05, 4.69) is 17.2 Å². The largest absolute Gasteiger partial charge is 0.481 e. The highest BCUT2D eigenvalue weighted by Crippen LogP contribution is 1.78. The third-order valence-electron chi connectivity index (χ3n) is 1.53. The van der Waals surface area contributed by atoms with Crippen molar-refractivity contribution in [1.29, 1.82) is 0 Å². The Bertz CT molecular complexity index is 204. The van der Waals surface area contributed by atoms with E-state index in [-0.39, 0.29) is 12.3 Å². The van der Waals surface area contributed by atoms with Gasteiger partial charge in [0.05, 0.1) is 6.42 Å². The number of carboxylic acids is 1. The van der Waals surface area contributed by atoms with Crippen molar-refractivity contribution in [1.82, 2.24) is 10.6 Å². The van der Waals surface area contributed by atoms with Crippen molar-refractivity contribution in [2.24, 2.45) is 0 Å². The molecule has 0 fully saturated rings. The molecule has 0 heterocycles. The number of carbonyl (C=O) groups excluding carboxylic acids is 1. The second-order valence-corrected chi connectivity index (χ2v) is 2.74. The first-order valence-corrected chi connectivity index (χ1v) is 4.49. The summed E-state index contributed by atoms with van der Waals surface area (Å²) < 4.78 is 0. The van der Waals surface area contributed by atoms with E-state index >= 15 is 0 Å². The average Bonchev–Trinajstić information content (AvgIpc) is 2.15. The molecule has 0 unspecified atom stereocenters. The van der Waals surface area contributed by atoms with Gasteiger partial charge in [-0.05, 0) is 19.0 Å². The van der Waals surface area contributed by atoms with Crippen LogP contribution in [0.1, 0.15) is 12.8 Å². The van der Waals surface area contributed by atoms with Crippen LogP contribution in [0.2, 0.25) is 0 Å². The summed E-state index contributed by atoms with van der Waals surface area (Å²) in [6, 6.07) is 0. The molecule has 14 heavy (non-hydrogen) atoms. The summed E-state index contributed by atoms with van der Waals surface area (Å²) in [4.78, 5) is 20.8. The third-order valence-corrected chi connectivity index (χ3v) is 1.53. The van der Waals surface area contributed by atoms with E-state index in [1.807, 2.05) is 0 Å². The van der Waals surface area contributed by atoms with Crippen molar-refractivity contribution >= 4 is 11.9 Å². The van der Waals surface area contributed by atoms with Gasteiger partial charge in [-0.15, -0.1) is 0 Å². The Balaban J connectivity index is 3.10. The monoisotopic (exact) mass is 200 g/mol. The van der Waals surface area contributed by atoms with E-state index in [0.717, 1.165) is 6.42 Å². The van der Waals surface area contributed by atoms with Crippen molar-refractivity contribution in [3.8, 4) is 0 Å². The second-order valence-electron chi connectivity index (χ2n) is 2.74. The molecule has 0 saturated heterocycles. The normalized spacial score (nSPS) is 9.43. The Morgan fingerprint density at radius 3 is 2.57 bits per heavy atom. The molecule has 0 radical (unpaired) electrons. The summed E-state index contributed by atoms with van der Waals surface area (Å²) in [5, 5.41) is 13.9. The molecule has 0 aliphatic carbocycles. The van der Waals surface area contributed by atoms with Crippen molar-refractivity contribution in [2.45, 2.75) is 12.8 Å². The molecule has 0 aromatic carbocycles. The Hall–Kier alpha value is -1.36. The molecule has 0 atom stereocenters. The lowest BCUT2D eigenvalue weighted by Crippen LogP contribution is -2.26. The average molecular weight is 200 g/mol. The number of nitrogens with one attached hydrogen (secondary N) is 2. The maximum Gasteiger partial charge on any atom is 0.304 e. The zero-order chi connectivity index (χ0) is 10.8. The Labute approximate surface area is 83.2 Å². The second kappa shape index (κ2) is 8.25. The molecule has 0 aromatic rings. The number of rotatable bonds is 8. The first kappa shape index (κ1) is 12.6. The lowest BCUT2D eigenvalue weighted by Gasteiger charge is -2.03. The molecule has 0 aliphatic rings. The molecule has 0 aliphatic heterocycles. The maximum atomic E-state index is 10.7. The fourth-order valence-corrected chi connectivity index (χ4v) is 0.817. The van der Waals surface area contributed by atoms with Crippen LogP contribution in [0.4, 0.5) is 0 Å². The summed E-state index contributed by atoms with van der Waals surface area (Å²) in [7, 11) is 0. The van der Waals surface area contributed by atoms with Gasteiger partial charge < -0.3 is 15.7 Å². The number of hydrogen-bond donors (Lipinski definition) is 3. The van der Waals surface area contributed by atoms with E-state index in [4.69, 9.17) is 5.11 Å². The van der Waals surface area contributed by atoms with Crippen molar-refractivity contribution in [3.63, 3.8) is 0 Å². The van der Waals surface area contributed by atoms with Crippen LogP contribution in [-0.4, -0.2) is 36.6 Å². The maximum absolute atomic E-state index is 10.7. The van der Waals surface area contributed by atoms with Gasteiger partial charge in [-0.25, -0.2) is 0 Å². The molecule has 1 amide bonds. The zero-order valence-corrected chi connectivity index (χ0v) is 8.08. The molecule has 0 saturated carbocycles. The van der Waals surface area contributed by atoms with Crippen LogP contribution in [0, 0.1) is 0 Å². The standard InChI is InChI=1S/C9H16N2O3/c1-2-8(12)11-6-3-5-10-7-4-9(13)14/h2,10H,1,3-7H2,(H,11,12)(H,13,14). The molecule has 0 spiro atoms. The van der Waals surface area contributed by atoms with Gasteiger partial charge in [-0.1, -0.05) is 6.58 Å². The quantitative estimate of drug-likeness (QED) is 0.373. The van der Waals surface area contributed by atoms with E-state index in [1.54, 1.807) is 0 Å². The first-order valence-electron chi connectivity index (χ1n) is 4.49. The van der Waals surface area contributed by atoms with Gasteiger partial charge in [0.1, 0.15) is 0 Å². The van der Waals surface area contributed by atoms with Crippen molar-refractivity contribution in [2.75, 3.05) is 19.6 Å². The minimum Gasteiger partial charge on any atom is -0.481 e. The van der Waals surface area contributed by atoms with E-state index in [1.165, 1.54) is 6.08 Å². The highest BCUT2D eigenvalue weighted by Gasteiger charge is 1.95. The predicted octanol–water partition coefficient (Wildman–Crippen LogP) is -0.257. The molecule has 5 nitrogen and oxygen atoms in total. The number of aliphatic carboxylic acids is 1. The van der Waals surface area contributed by atoms with Gasteiger partial charge in [0.15, 0.2) is 0 Å². The smallest absolute Gasteiger partial charge is 0.304 e. The third kappa shape index (κ3) is 8.73. The predicted molar refractivity (Wildman–Crippen MR) is 52.9 cm³/mol. The fraction of sp³-hybridized carbons (Fsp3) is 0.556. The summed E-state index contributed by atoms with van der Waals surface area (Å²) >= 11 is 0. The summed E-state index contributed by atoms with van der Waals surface area (Å²) in [5.74, 6) is -0.993. The molecule has 0 bridgehead atoms. The van der Waals surface area contributed by atoms with Crippen LogP contribution in [0.15, 0.2) is 12.7 Å². The molecule has 3 N–H and O–H groups in total. The summed E-state index contributed by atoms with van der Waals surface area (Å²) in [5.41, 5.74) is 0. The minimum atomic E-state index is -0.808. The van der Waals surface area contributed by atoms with Crippen LogP contribution in [-0.2, 0) is 9.59 Å². The number of carboxylic acid groups (broad SMARTS) is 1. The van der Waals surface area contributed by atoms with Crippen molar-refractivity contribution < 1.29 is 14.7 Å². The molecule has 5 heteroatoms. The van der Waals surface area contributed by atoms with Crippen LogP contribution >= 0.6 is 0 Å². The fourth-order valence-electron chi connectivity index (χ4n) is 0.817. The zero-order valence-electron chi connectivity index (χ0n) is 8.08. The SMILES string of the molecule is C=CC(=O)NCCCNCCC(=O)O. The topological polar surface area (TPSA) is 78.4 Å². The van der Waals surface area contributed by atoms with Crippen LogP contribution < -0.4 is 10.6 Å². The molecule has 80 valence electrons.